The lowest BCUT2D eigenvalue weighted by Crippen LogP contribution is -2.08. The summed E-state index contributed by atoms with van der Waals surface area (Å²) >= 11 is 4.97. The molecule has 0 fully saturated rings. The summed E-state index contributed by atoms with van der Waals surface area (Å²) in [6.07, 6.45) is -9.59. The molecular weight excluding hydrogens is 482 g/mol. The van der Waals surface area contributed by atoms with Crippen LogP contribution < -0.4 is 0 Å². The highest BCUT2D eigenvalue weighted by atomic mass is 35.5. The molecule has 9 nitrogen and oxygen atoms in total. The van der Waals surface area contributed by atoms with E-state index in [9.17, 15) is 56.2 Å². The fourth-order valence-corrected chi connectivity index (χ4v) is 2.11. The Morgan fingerprint density at radius 3 is 1.38 bits per heavy atom. The van der Waals surface area contributed by atoms with Gasteiger partial charge in [-0.1, -0.05) is 0 Å². The molecule has 0 heterocycles. The van der Waals surface area contributed by atoms with Crippen LogP contribution in [0.4, 0.5) is 37.7 Å². The molecule has 0 aliphatic heterocycles. The molecule has 0 amide bonds. The van der Waals surface area contributed by atoms with E-state index in [1.54, 1.807) is 0 Å². The quantitative estimate of drug-likeness (QED) is 0.266. The number of hydrogen-bond donors (Lipinski definition) is 1. The van der Waals surface area contributed by atoms with Gasteiger partial charge in [0.25, 0.3) is 16.6 Å². The summed E-state index contributed by atoms with van der Waals surface area (Å²) in [6.45, 7) is 0. The van der Waals surface area contributed by atoms with Crippen molar-refractivity contribution in [1.82, 2.24) is 0 Å². The number of carbonyl (C=O) groups excluding carboxylic acids is 1. The van der Waals surface area contributed by atoms with E-state index >= 15 is 0 Å². The Morgan fingerprint density at radius 1 is 0.750 bits per heavy atom. The summed E-state index contributed by atoms with van der Waals surface area (Å²) in [4.78, 5) is 39.7. The van der Waals surface area contributed by atoms with Crippen molar-refractivity contribution in [3.8, 4) is 0 Å². The normalized spacial score (nSPS) is 11.2. The molecule has 0 saturated heterocycles. The lowest BCUT2D eigenvalue weighted by molar-refractivity contribution is -0.385. The predicted molar refractivity (Wildman–Crippen MR) is 93.3 cm³/mol. The number of carboxylic acid groups (broad SMARTS) is 1. The minimum Gasteiger partial charge on any atom is -0.478 e. The van der Waals surface area contributed by atoms with E-state index < -0.39 is 67.0 Å². The van der Waals surface area contributed by atoms with Gasteiger partial charge >= 0.3 is 18.3 Å². The molecular formula is C16H7ClF6N2O7. The van der Waals surface area contributed by atoms with Crippen LogP contribution in [0.2, 0.25) is 0 Å². The summed E-state index contributed by atoms with van der Waals surface area (Å²) in [7, 11) is 0. The van der Waals surface area contributed by atoms with Crippen molar-refractivity contribution in [3.63, 3.8) is 0 Å². The Labute approximate surface area is 177 Å². The van der Waals surface area contributed by atoms with Crippen LogP contribution in [0.5, 0.6) is 0 Å². The molecule has 16 heteroatoms. The largest absolute Gasteiger partial charge is 0.478 e. The van der Waals surface area contributed by atoms with E-state index in [0.29, 0.717) is 30.3 Å². The molecule has 0 aromatic heterocycles. The molecule has 2 aromatic rings. The van der Waals surface area contributed by atoms with Crippen LogP contribution in [0.1, 0.15) is 31.8 Å². The monoisotopic (exact) mass is 488 g/mol. The van der Waals surface area contributed by atoms with Gasteiger partial charge in [0, 0.05) is 29.8 Å². The van der Waals surface area contributed by atoms with Gasteiger partial charge in [0.15, 0.2) is 0 Å². The van der Waals surface area contributed by atoms with Crippen molar-refractivity contribution in [2.45, 2.75) is 12.4 Å². The predicted octanol–water partition coefficient (Wildman–Crippen LogP) is 5.30. The lowest BCUT2D eigenvalue weighted by Gasteiger charge is -2.07. The Morgan fingerprint density at radius 2 is 1.09 bits per heavy atom. The molecule has 0 aliphatic rings. The van der Waals surface area contributed by atoms with E-state index in [1.165, 1.54) is 0 Å². The van der Waals surface area contributed by atoms with Crippen LogP contribution in [0.25, 0.3) is 0 Å². The third kappa shape index (κ3) is 7.19. The third-order valence-electron chi connectivity index (χ3n) is 3.39. The molecule has 0 saturated carbocycles. The van der Waals surface area contributed by atoms with E-state index in [1.807, 2.05) is 0 Å². The van der Waals surface area contributed by atoms with Crippen molar-refractivity contribution < 1.29 is 50.9 Å². The number of alkyl halides is 6. The smallest absolute Gasteiger partial charge is 0.416 e. The van der Waals surface area contributed by atoms with Gasteiger partial charge in [0.2, 0.25) is 0 Å². The topological polar surface area (TPSA) is 141 Å². The zero-order valence-corrected chi connectivity index (χ0v) is 15.7. The van der Waals surface area contributed by atoms with Crippen LogP contribution in [0.3, 0.4) is 0 Å². The van der Waals surface area contributed by atoms with Gasteiger partial charge in [-0.05, 0) is 23.7 Å². The number of non-ortho nitro benzene ring substituents is 2. The number of hydrogen-bond acceptors (Lipinski definition) is 6. The molecule has 1 N–H and O–H groups in total. The zero-order chi connectivity index (χ0) is 25.0. The average Bonchev–Trinajstić information content (AvgIpc) is 2.66. The highest BCUT2D eigenvalue weighted by Crippen LogP contribution is 2.33. The maximum absolute atomic E-state index is 12.3. The second-order valence-electron chi connectivity index (χ2n) is 5.63. The second-order valence-corrected chi connectivity index (χ2v) is 5.97. The molecule has 0 aliphatic carbocycles. The molecule has 2 aromatic carbocycles. The Bertz CT molecular complexity index is 936. The number of carboxylic acids is 1. The maximum Gasteiger partial charge on any atom is 0.416 e. The number of nitro benzene ring substituents is 2. The molecule has 0 spiro atoms. The van der Waals surface area contributed by atoms with Crippen molar-refractivity contribution in [1.29, 1.82) is 0 Å². The Balaban J connectivity index is 0.000000320. The molecule has 32 heavy (non-hydrogen) atoms. The van der Waals surface area contributed by atoms with Crippen LogP contribution in [0.15, 0.2) is 36.4 Å². The highest BCUT2D eigenvalue weighted by Gasteiger charge is 2.34. The van der Waals surface area contributed by atoms with E-state index in [4.69, 9.17) is 16.7 Å². The van der Waals surface area contributed by atoms with Gasteiger partial charge in [-0.2, -0.15) is 26.3 Å². The number of carbonyl (C=O) groups is 2. The highest BCUT2D eigenvalue weighted by molar-refractivity contribution is 6.67. The summed E-state index contributed by atoms with van der Waals surface area (Å²) in [5.74, 6) is -1.66. The fourth-order valence-electron chi connectivity index (χ4n) is 2.00. The first-order chi connectivity index (χ1) is 14.4. The summed E-state index contributed by atoms with van der Waals surface area (Å²) in [5, 5.41) is 27.9. The Hall–Kier alpha value is -3.75. The number of rotatable bonds is 4. The summed E-state index contributed by atoms with van der Waals surface area (Å²) in [5.41, 5.74) is -5.74. The number of halogens is 7. The van der Waals surface area contributed by atoms with Gasteiger partial charge in [0.05, 0.1) is 26.5 Å². The SMILES string of the molecule is O=C(Cl)c1cc([N+](=O)[O-])cc(C(F)(F)F)c1.O=C(O)c1cc([N+](=O)[O-])cc(C(F)(F)F)c1. The minimum atomic E-state index is -4.82. The van der Waals surface area contributed by atoms with Crippen LogP contribution in [0, 0.1) is 20.2 Å². The standard InChI is InChI=1S/C8H3ClF3NO3.C8H4F3NO4/c9-7(14)4-1-5(8(10,11)12)3-6(2-4)13(15)16;9-8(10,11)5-1-4(7(13)14)2-6(3-5)12(15)16/h1-3H;1-3H,(H,13,14). The Kier molecular flexibility index (Phi) is 7.88. The molecule has 172 valence electrons. The van der Waals surface area contributed by atoms with Crippen LogP contribution in [-0.4, -0.2) is 26.2 Å². The van der Waals surface area contributed by atoms with Gasteiger partial charge < -0.3 is 5.11 Å². The van der Waals surface area contributed by atoms with Gasteiger partial charge in [0.1, 0.15) is 0 Å². The van der Waals surface area contributed by atoms with Crippen molar-refractivity contribution in [2.75, 3.05) is 0 Å². The number of nitro groups is 2. The lowest BCUT2D eigenvalue weighted by atomic mass is 10.1. The first-order valence-electron chi connectivity index (χ1n) is 7.60. The fraction of sp³-hybridized carbons (Fsp3) is 0.125. The average molecular weight is 489 g/mol. The number of aromatic carboxylic acids is 1. The summed E-state index contributed by atoms with van der Waals surface area (Å²) in [6, 6.07) is 2.68. The molecule has 0 bridgehead atoms. The minimum absolute atomic E-state index is 0.284. The number of nitrogens with zero attached hydrogens (tertiary/aromatic N) is 2. The van der Waals surface area contributed by atoms with Gasteiger partial charge in [-0.15, -0.1) is 0 Å². The third-order valence-corrected chi connectivity index (χ3v) is 3.60. The molecule has 0 unspecified atom stereocenters. The molecule has 2 rings (SSSR count). The second kappa shape index (κ2) is 9.59. The molecule has 0 atom stereocenters. The first kappa shape index (κ1) is 26.3. The zero-order valence-electron chi connectivity index (χ0n) is 14.9. The van der Waals surface area contributed by atoms with E-state index in [-0.39, 0.29) is 6.07 Å². The summed E-state index contributed by atoms with van der Waals surface area (Å²) < 4.78 is 73.7. The van der Waals surface area contributed by atoms with Gasteiger partial charge in [-0.3, -0.25) is 25.0 Å². The van der Waals surface area contributed by atoms with E-state index in [2.05, 4.69) is 0 Å². The van der Waals surface area contributed by atoms with Crippen molar-refractivity contribution in [2.24, 2.45) is 0 Å². The van der Waals surface area contributed by atoms with Crippen LogP contribution in [-0.2, 0) is 12.4 Å². The van der Waals surface area contributed by atoms with Crippen molar-refractivity contribution in [3.05, 3.63) is 78.9 Å². The number of benzene rings is 2. The van der Waals surface area contributed by atoms with E-state index in [0.717, 1.165) is 0 Å². The van der Waals surface area contributed by atoms with Crippen molar-refractivity contribution >= 4 is 34.2 Å². The molecule has 0 radical (unpaired) electrons. The maximum atomic E-state index is 12.3. The van der Waals surface area contributed by atoms with Crippen LogP contribution >= 0.6 is 11.6 Å². The van der Waals surface area contributed by atoms with Gasteiger partial charge in [-0.25, -0.2) is 4.79 Å². The first-order valence-corrected chi connectivity index (χ1v) is 7.97.